The number of carbonyl (C=O) groups is 1. The van der Waals surface area contributed by atoms with Crippen LogP contribution in [0.5, 0.6) is 0 Å². The topological polar surface area (TPSA) is 61.8 Å². The van der Waals surface area contributed by atoms with Crippen molar-refractivity contribution < 1.29 is 4.79 Å². The lowest BCUT2D eigenvalue weighted by Gasteiger charge is -2.27. The summed E-state index contributed by atoms with van der Waals surface area (Å²) < 4.78 is 0. The number of rotatable bonds is 3. The molecule has 1 saturated carbocycles. The van der Waals surface area contributed by atoms with Crippen molar-refractivity contribution in [2.45, 2.75) is 38.1 Å². The summed E-state index contributed by atoms with van der Waals surface area (Å²) in [4.78, 5) is 22.8. The van der Waals surface area contributed by atoms with Gasteiger partial charge >= 0.3 is 6.03 Å². The summed E-state index contributed by atoms with van der Waals surface area (Å²) in [6.07, 6.45) is 4.98. The molecule has 1 fully saturated rings. The number of nitrogens with zero attached hydrogens (tertiary/aromatic N) is 2. The van der Waals surface area contributed by atoms with Gasteiger partial charge in [-0.2, -0.15) is 5.01 Å². The summed E-state index contributed by atoms with van der Waals surface area (Å²) >= 11 is 0. The van der Waals surface area contributed by atoms with Crippen LogP contribution in [0.25, 0.3) is 0 Å². The van der Waals surface area contributed by atoms with Crippen LogP contribution in [0.15, 0.2) is 35.6 Å². The van der Waals surface area contributed by atoms with E-state index in [-0.39, 0.29) is 6.04 Å². The van der Waals surface area contributed by atoms with E-state index in [1.54, 1.807) is 12.1 Å². The molecule has 1 aliphatic carbocycles. The maximum Gasteiger partial charge on any atom is 0.345 e. The molecular weight excluding hydrogens is 230 g/mol. The van der Waals surface area contributed by atoms with E-state index in [1.165, 1.54) is 6.42 Å². The van der Waals surface area contributed by atoms with E-state index in [0.29, 0.717) is 5.69 Å². The fraction of sp³-hybridized carbons (Fsp3) is 0.462. The second-order valence-electron chi connectivity index (χ2n) is 4.51. The summed E-state index contributed by atoms with van der Waals surface area (Å²) in [5.74, 6) is 0. The van der Waals surface area contributed by atoms with Crippen LogP contribution < -0.4 is 5.32 Å². The summed E-state index contributed by atoms with van der Waals surface area (Å²) in [6, 6.07) is 8.59. The van der Waals surface area contributed by atoms with Gasteiger partial charge in [0.05, 0.1) is 11.3 Å². The predicted octanol–water partition coefficient (Wildman–Crippen LogP) is 3.53. The molecule has 1 N–H and O–H groups in total. The minimum absolute atomic E-state index is 0.0556. The molecule has 2 amide bonds. The van der Waals surface area contributed by atoms with Gasteiger partial charge in [0.1, 0.15) is 0 Å². The number of hydrogen-bond acceptors (Lipinski definition) is 3. The zero-order chi connectivity index (χ0) is 12.8. The smallest absolute Gasteiger partial charge is 0.306 e. The summed E-state index contributed by atoms with van der Waals surface area (Å²) in [5, 5.41) is 6.61. The molecule has 1 aromatic rings. The van der Waals surface area contributed by atoms with E-state index in [4.69, 9.17) is 0 Å². The highest BCUT2D eigenvalue weighted by molar-refractivity contribution is 5.89. The third kappa shape index (κ3) is 3.06. The van der Waals surface area contributed by atoms with E-state index in [1.807, 2.05) is 18.2 Å². The van der Waals surface area contributed by atoms with Gasteiger partial charge in [-0.1, -0.05) is 37.5 Å². The van der Waals surface area contributed by atoms with Crippen LogP contribution in [0.3, 0.4) is 0 Å². The summed E-state index contributed by atoms with van der Waals surface area (Å²) in [7, 11) is 0. The normalized spacial score (nSPS) is 16.0. The first-order chi connectivity index (χ1) is 8.81. The molecule has 0 aromatic heterocycles. The number of hydrogen-bond donors (Lipinski definition) is 1. The SMILES string of the molecule is O=NN(C(=O)Nc1ccccc1)C1CCCCC1. The number of carbonyl (C=O) groups excluding carboxylic acids is 1. The molecule has 18 heavy (non-hydrogen) atoms. The highest BCUT2D eigenvalue weighted by atomic mass is 16.3. The number of benzene rings is 1. The number of urea groups is 1. The Morgan fingerprint density at radius 3 is 2.44 bits per heavy atom. The first-order valence-corrected chi connectivity index (χ1v) is 6.30. The second-order valence-corrected chi connectivity index (χ2v) is 4.51. The molecule has 96 valence electrons. The molecular formula is C13H17N3O2. The van der Waals surface area contributed by atoms with Gasteiger partial charge in [-0.15, -0.1) is 4.91 Å². The molecule has 2 rings (SSSR count). The predicted molar refractivity (Wildman–Crippen MR) is 70.0 cm³/mol. The van der Waals surface area contributed by atoms with Crippen molar-refractivity contribution in [3.8, 4) is 0 Å². The standard InChI is InChI=1S/C13H17N3O2/c17-13(14-11-7-3-1-4-8-11)16(15-18)12-9-5-2-6-10-12/h1,3-4,7-8,12H,2,5-6,9-10H2,(H,14,17). The largest absolute Gasteiger partial charge is 0.345 e. The van der Waals surface area contributed by atoms with E-state index >= 15 is 0 Å². The Morgan fingerprint density at radius 2 is 1.83 bits per heavy atom. The van der Waals surface area contributed by atoms with Gasteiger partial charge in [0.2, 0.25) is 0 Å². The minimum atomic E-state index is -0.442. The van der Waals surface area contributed by atoms with Crippen LogP contribution in [-0.4, -0.2) is 17.1 Å². The van der Waals surface area contributed by atoms with Crippen LogP contribution in [-0.2, 0) is 0 Å². The van der Waals surface area contributed by atoms with E-state index in [0.717, 1.165) is 30.7 Å². The monoisotopic (exact) mass is 247 g/mol. The van der Waals surface area contributed by atoms with Crippen LogP contribution in [0, 0.1) is 4.91 Å². The minimum Gasteiger partial charge on any atom is -0.306 e. The molecule has 0 atom stereocenters. The molecule has 5 heteroatoms. The molecule has 0 radical (unpaired) electrons. The summed E-state index contributed by atoms with van der Waals surface area (Å²) in [6.45, 7) is 0. The van der Waals surface area contributed by atoms with Crippen molar-refractivity contribution in [2.75, 3.05) is 5.32 Å². The highest BCUT2D eigenvalue weighted by Gasteiger charge is 2.26. The zero-order valence-electron chi connectivity index (χ0n) is 10.2. The summed E-state index contributed by atoms with van der Waals surface area (Å²) in [5.41, 5.74) is 0.673. The van der Waals surface area contributed by atoms with E-state index < -0.39 is 6.03 Å². The van der Waals surface area contributed by atoms with Crippen molar-refractivity contribution in [1.82, 2.24) is 5.01 Å². The van der Waals surface area contributed by atoms with Gasteiger partial charge in [-0.25, -0.2) is 4.79 Å². The quantitative estimate of drug-likeness (QED) is 0.656. The van der Waals surface area contributed by atoms with Gasteiger partial charge < -0.3 is 5.32 Å². The lowest BCUT2D eigenvalue weighted by Crippen LogP contribution is -2.39. The van der Waals surface area contributed by atoms with Crippen LogP contribution in [0.1, 0.15) is 32.1 Å². The van der Waals surface area contributed by atoms with Crippen LogP contribution in [0.2, 0.25) is 0 Å². The van der Waals surface area contributed by atoms with Crippen molar-refractivity contribution in [1.29, 1.82) is 0 Å². The third-order valence-corrected chi connectivity index (χ3v) is 3.24. The van der Waals surface area contributed by atoms with Gasteiger partial charge in [0.25, 0.3) is 0 Å². The van der Waals surface area contributed by atoms with Crippen LogP contribution >= 0.6 is 0 Å². The Balaban J connectivity index is 1.99. The van der Waals surface area contributed by atoms with Gasteiger partial charge in [-0.05, 0) is 25.0 Å². The first kappa shape index (κ1) is 12.5. The lowest BCUT2D eigenvalue weighted by molar-refractivity contribution is 0.169. The van der Waals surface area contributed by atoms with Gasteiger partial charge in [0, 0.05) is 5.69 Å². The Kier molecular flexibility index (Phi) is 4.28. The Labute approximate surface area is 106 Å². The third-order valence-electron chi connectivity index (χ3n) is 3.24. The fourth-order valence-corrected chi connectivity index (χ4v) is 2.30. The first-order valence-electron chi connectivity index (χ1n) is 6.30. The van der Waals surface area contributed by atoms with Crippen molar-refractivity contribution >= 4 is 11.7 Å². The van der Waals surface area contributed by atoms with E-state index in [9.17, 15) is 9.70 Å². The molecule has 0 aliphatic heterocycles. The lowest BCUT2D eigenvalue weighted by atomic mass is 9.95. The van der Waals surface area contributed by atoms with Crippen molar-refractivity contribution in [3.63, 3.8) is 0 Å². The molecule has 0 unspecified atom stereocenters. The number of nitrogens with one attached hydrogen (secondary N) is 1. The van der Waals surface area contributed by atoms with Crippen molar-refractivity contribution in [3.05, 3.63) is 35.2 Å². The van der Waals surface area contributed by atoms with E-state index in [2.05, 4.69) is 10.6 Å². The molecule has 0 bridgehead atoms. The van der Waals surface area contributed by atoms with Gasteiger partial charge in [0.15, 0.2) is 0 Å². The maximum atomic E-state index is 12.0. The molecule has 0 spiro atoms. The van der Waals surface area contributed by atoms with Crippen LogP contribution in [0.4, 0.5) is 10.5 Å². The Hall–Kier alpha value is -1.91. The number of anilines is 1. The molecule has 1 aliphatic rings. The van der Waals surface area contributed by atoms with Gasteiger partial charge in [-0.3, -0.25) is 0 Å². The second kappa shape index (κ2) is 6.14. The number of para-hydroxylation sites is 1. The maximum absolute atomic E-state index is 12.0. The molecule has 0 heterocycles. The molecule has 0 saturated heterocycles. The van der Waals surface area contributed by atoms with Crippen molar-refractivity contribution in [2.24, 2.45) is 5.29 Å². The highest BCUT2D eigenvalue weighted by Crippen LogP contribution is 2.23. The number of nitroso groups, excluding NO2 is 1. The Bertz CT molecular complexity index is 402. The average molecular weight is 247 g/mol. The number of amides is 2. The average Bonchev–Trinajstić information content (AvgIpc) is 2.42. The Morgan fingerprint density at radius 1 is 1.17 bits per heavy atom. The molecule has 5 nitrogen and oxygen atoms in total. The zero-order valence-corrected chi connectivity index (χ0v) is 10.2. The fourth-order valence-electron chi connectivity index (χ4n) is 2.30. The molecule has 1 aromatic carbocycles.